The number of nitrogens with two attached hydrogens (primary N) is 1. The van der Waals surface area contributed by atoms with Crippen LogP contribution in [-0.4, -0.2) is 19.1 Å². The van der Waals surface area contributed by atoms with E-state index in [-0.39, 0.29) is 6.04 Å². The molecule has 0 aromatic heterocycles. The quantitative estimate of drug-likeness (QED) is 0.802. The van der Waals surface area contributed by atoms with E-state index >= 15 is 0 Å². The highest BCUT2D eigenvalue weighted by molar-refractivity contribution is 5.45. The molecule has 0 aliphatic carbocycles. The van der Waals surface area contributed by atoms with Crippen LogP contribution in [0.3, 0.4) is 0 Å². The van der Waals surface area contributed by atoms with E-state index in [4.69, 9.17) is 5.73 Å². The maximum atomic E-state index is 5.89. The summed E-state index contributed by atoms with van der Waals surface area (Å²) in [6.45, 7) is 8.51. The van der Waals surface area contributed by atoms with Gasteiger partial charge in [-0.05, 0) is 31.9 Å². The van der Waals surface area contributed by atoms with Gasteiger partial charge in [-0.25, -0.2) is 0 Å². The van der Waals surface area contributed by atoms with Crippen molar-refractivity contribution in [3.8, 4) is 0 Å². The number of para-hydroxylation sites is 1. The van der Waals surface area contributed by atoms with E-state index in [1.807, 2.05) is 6.07 Å². The van der Waals surface area contributed by atoms with E-state index in [0.29, 0.717) is 5.92 Å². The minimum absolute atomic E-state index is 0.253. The number of nitrogens with zero attached hydrogens (tertiary/aromatic N) is 1. The topological polar surface area (TPSA) is 29.3 Å². The molecule has 0 aliphatic heterocycles. The zero-order chi connectivity index (χ0) is 11.3. The standard InChI is InChI=1S/C13H22N2/c1-4-15(10-11(2)12(3)14)13-8-6-5-7-9-13/h5-9,11-12H,4,10,14H2,1-3H3. The monoisotopic (exact) mass is 206 g/mol. The molecule has 1 rings (SSSR count). The van der Waals surface area contributed by atoms with Crippen LogP contribution >= 0.6 is 0 Å². The van der Waals surface area contributed by atoms with Crippen LogP contribution in [0.2, 0.25) is 0 Å². The van der Waals surface area contributed by atoms with Crippen LogP contribution in [0.4, 0.5) is 5.69 Å². The van der Waals surface area contributed by atoms with Gasteiger partial charge in [0.05, 0.1) is 0 Å². The van der Waals surface area contributed by atoms with E-state index in [2.05, 4.69) is 49.9 Å². The Kier molecular flexibility index (Phi) is 4.63. The Morgan fingerprint density at radius 3 is 2.27 bits per heavy atom. The van der Waals surface area contributed by atoms with Gasteiger partial charge in [0.15, 0.2) is 0 Å². The molecule has 0 bridgehead atoms. The molecule has 2 atom stereocenters. The largest absolute Gasteiger partial charge is 0.371 e. The predicted octanol–water partition coefficient (Wildman–Crippen LogP) is 2.50. The number of rotatable bonds is 5. The molecule has 15 heavy (non-hydrogen) atoms. The molecule has 1 aromatic carbocycles. The summed E-state index contributed by atoms with van der Waals surface area (Å²) >= 11 is 0. The predicted molar refractivity (Wildman–Crippen MR) is 67.1 cm³/mol. The van der Waals surface area contributed by atoms with Gasteiger partial charge in [0, 0.05) is 24.8 Å². The number of benzene rings is 1. The molecular formula is C13H22N2. The van der Waals surface area contributed by atoms with Crippen LogP contribution in [0.5, 0.6) is 0 Å². The lowest BCUT2D eigenvalue weighted by Crippen LogP contribution is -2.36. The molecule has 2 N–H and O–H groups in total. The lowest BCUT2D eigenvalue weighted by atomic mass is 10.0. The second-order valence-electron chi connectivity index (χ2n) is 4.21. The van der Waals surface area contributed by atoms with E-state index in [9.17, 15) is 0 Å². The lowest BCUT2D eigenvalue weighted by Gasteiger charge is -2.28. The van der Waals surface area contributed by atoms with Crippen LogP contribution < -0.4 is 10.6 Å². The van der Waals surface area contributed by atoms with Crippen LogP contribution in [0.25, 0.3) is 0 Å². The smallest absolute Gasteiger partial charge is 0.0366 e. The van der Waals surface area contributed by atoms with Crippen molar-refractivity contribution in [1.29, 1.82) is 0 Å². The van der Waals surface area contributed by atoms with E-state index < -0.39 is 0 Å². The van der Waals surface area contributed by atoms with Gasteiger partial charge in [0.2, 0.25) is 0 Å². The second-order valence-corrected chi connectivity index (χ2v) is 4.21. The average molecular weight is 206 g/mol. The van der Waals surface area contributed by atoms with Gasteiger partial charge in [-0.2, -0.15) is 0 Å². The molecule has 1 aromatic rings. The number of hydrogen-bond donors (Lipinski definition) is 1. The van der Waals surface area contributed by atoms with Gasteiger partial charge in [-0.3, -0.25) is 0 Å². The third-order valence-electron chi connectivity index (χ3n) is 2.91. The highest BCUT2D eigenvalue weighted by atomic mass is 15.1. The molecule has 2 heteroatoms. The summed E-state index contributed by atoms with van der Waals surface area (Å²) in [6.07, 6.45) is 0. The van der Waals surface area contributed by atoms with Gasteiger partial charge in [-0.15, -0.1) is 0 Å². The summed E-state index contributed by atoms with van der Waals surface area (Å²) in [4.78, 5) is 2.37. The Labute approximate surface area is 93.1 Å². The zero-order valence-electron chi connectivity index (χ0n) is 9.98. The van der Waals surface area contributed by atoms with Crippen molar-refractivity contribution in [3.63, 3.8) is 0 Å². The fraction of sp³-hybridized carbons (Fsp3) is 0.538. The SMILES string of the molecule is CCN(CC(C)C(C)N)c1ccccc1. The van der Waals surface area contributed by atoms with E-state index in [0.717, 1.165) is 13.1 Å². The summed E-state index contributed by atoms with van der Waals surface area (Å²) < 4.78 is 0. The Bertz CT molecular complexity index is 269. The van der Waals surface area contributed by atoms with Crippen molar-refractivity contribution in [2.24, 2.45) is 11.7 Å². The molecule has 0 fully saturated rings. The van der Waals surface area contributed by atoms with Gasteiger partial charge in [-0.1, -0.05) is 25.1 Å². The van der Waals surface area contributed by atoms with Gasteiger partial charge in [0.1, 0.15) is 0 Å². The third-order valence-corrected chi connectivity index (χ3v) is 2.91. The van der Waals surface area contributed by atoms with Crippen LogP contribution in [-0.2, 0) is 0 Å². The molecule has 0 amide bonds. The van der Waals surface area contributed by atoms with Crippen molar-refractivity contribution in [3.05, 3.63) is 30.3 Å². The maximum Gasteiger partial charge on any atom is 0.0366 e. The summed E-state index contributed by atoms with van der Waals surface area (Å²) in [5, 5.41) is 0. The third kappa shape index (κ3) is 3.56. The molecule has 2 nitrogen and oxygen atoms in total. The summed E-state index contributed by atoms with van der Waals surface area (Å²) in [6, 6.07) is 10.8. The molecule has 0 heterocycles. The Balaban J connectivity index is 2.65. The first kappa shape index (κ1) is 12.1. The number of anilines is 1. The van der Waals surface area contributed by atoms with Crippen LogP contribution in [0, 0.1) is 5.92 Å². The van der Waals surface area contributed by atoms with Crippen LogP contribution in [0.15, 0.2) is 30.3 Å². The molecule has 0 saturated carbocycles. The first-order valence-corrected chi connectivity index (χ1v) is 5.70. The highest BCUT2D eigenvalue weighted by Crippen LogP contribution is 2.15. The molecule has 84 valence electrons. The lowest BCUT2D eigenvalue weighted by molar-refractivity contribution is 0.478. The highest BCUT2D eigenvalue weighted by Gasteiger charge is 2.12. The molecule has 0 radical (unpaired) electrons. The summed E-state index contributed by atoms with van der Waals surface area (Å²) in [7, 11) is 0. The van der Waals surface area contributed by atoms with Gasteiger partial charge in [0.25, 0.3) is 0 Å². The fourth-order valence-corrected chi connectivity index (χ4v) is 1.57. The minimum Gasteiger partial charge on any atom is -0.371 e. The normalized spacial score (nSPS) is 14.7. The van der Waals surface area contributed by atoms with Crippen LogP contribution in [0.1, 0.15) is 20.8 Å². The van der Waals surface area contributed by atoms with Crippen molar-refractivity contribution < 1.29 is 0 Å². The Hall–Kier alpha value is -1.02. The zero-order valence-corrected chi connectivity index (χ0v) is 9.98. The van der Waals surface area contributed by atoms with Crippen molar-refractivity contribution in [1.82, 2.24) is 0 Å². The molecule has 0 saturated heterocycles. The van der Waals surface area contributed by atoms with Crippen molar-refractivity contribution >= 4 is 5.69 Å². The van der Waals surface area contributed by atoms with Gasteiger partial charge < -0.3 is 10.6 Å². The van der Waals surface area contributed by atoms with Crippen molar-refractivity contribution in [2.45, 2.75) is 26.8 Å². The number of hydrogen-bond acceptors (Lipinski definition) is 2. The van der Waals surface area contributed by atoms with Gasteiger partial charge >= 0.3 is 0 Å². The summed E-state index contributed by atoms with van der Waals surface area (Å²) in [5.41, 5.74) is 7.18. The minimum atomic E-state index is 0.253. The molecule has 0 spiro atoms. The van der Waals surface area contributed by atoms with E-state index in [1.165, 1.54) is 5.69 Å². The Morgan fingerprint density at radius 1 is 1.20 bits per heavy atom. The van der Waals surface area contributed by atoms with E-state index in [1.54, 1.807) is 0 Å². The molecule has 2 unspecified atom stereocenters. The fourth-order valence-electron chi connectivity index (χ4n) is 1.57. The van der Waals surface area contributed by atoms with Crippen molar-refractivity contribution in [2.75, 3.05) is 18.0 Å². The maximum absolute atomic E-state index is 5.89. The average Bonchev–Trinajstić information content (AvgIpc) is 2.26. The summed E-state index contributed by atoms with van der Waals surface area (Å²) in [5.74, 6) is 0.519. The second kappa shape index (κ2) is 5.76. The first-order chi connectivity index (χ1) is 7.15. The molecular weight excluding hydrogens is 184 g/mol. The first-order valence-electron chi connectivity index (χ1n) is 5.70. The Morgan fingerprint density at radius 2 is 1.80 bits per heavy atom. The molecule has 0 aliphatic rings.